The second-order valence-corrected chi connectivity index (χ2v) is 8.73. The lowest BCUT2D eigenvalue weighted by Gasteiger charge is -2.21. The molecule has 0 unspecified atom stereocenters. The number of ether oxygens (including phenoxy) is 3. The van der Waals surface area contributed by atoms with Gasteiger partial charge >= 0.3 is 5.97 Å². The molecular formula is C20H20BrNO6S. The number of carbonyl (C=O) groups excluding carboxylic acids is 3. The maximum atomic E-state index is 12.6. The van der Waals surface area contributed by atoms with Gasteiger partial charge in [0.25, 0.3) is 11.1 Å². The molecule has 7 nitrogen and oxygen atoms in total. The molecule has 1 aliphatic heterocycles. The number of hydrogen-bond acceptors (Lipinski definition) is 7. The summed E-state index contributed by atoms with van der Waals surface area (Å²) in [5, 5.41) is -0.535. The first-order valence-electron chi connectivity index (χ1n) is 8.46. The summed E-state index contributed by atoms with van der Waals surface area (Å²) in [6, 6.07) is 3.36. The number of carbonyl (C=O) groups is 3. The maximum absolute atomic E-state index is 12.6. The van der Waals surface area contributed by atoms with Gasteiger partial charge in [0.2, 0.25) is 0 Å². The Balaban J connectivity index is 2.24. The van der Waals surface area contributed by atoms with E-state index in [0.717, 1.165) is 16.7 Å². The van der Waals surface area contributed by atoms with Gasteiger partial charge in [-0.15, -0.1) is 6.42 Å². The molecule has 1 saturated heterocycles. The summed E-state index contributed by atoms with van der Waals surface area (Å²) >= 11 is 4.14. The number of terminal acetylenes is 1. The molecule has 0 atom stereocenters. The van der Waals surface area contributed by atoms with E-state index in [9.17, 15) is 14.4 Å². The van der Waals surface area contributed by atoms with Crippen LogP contribution < -0.4 is 9.47 Å². The van der Waals surface area contributed by atoms with E-state index >= 15 is 0 Å². The number of rotatable bonds is 6. The Hall–Kier alpha value is -2.44. The van der Waals surface area contributed by atoms with Crippen LogP contribution in [-0.4, -0.2) is 47.9 Å². The van der Waals surface area contributed by atoms with Crippen LogP contribution >= 0.6 is 27.7 Å². The number of hydrogen-bond donors (Lipinski definition) is 0. The highest BCUT2D eigenvalue weighted by Gasteiger charge is 2.37. The van der Waals surface area contributed by atoms with Crippen molar-refractivity contribution in [2.24, 2.45) is 0 Å². The van der Waals surface area contributed by atoms with E-state index in [1.165, 1.54) is 13.2 Å². The SMILES string of the molecule is C#CCOc1c(Br)cc(C=C2SC(=O)N(CC(=O)OC(C)(C)C)C2=O)cc1OC. The van der Waals surface area contributed by atoms with Gasteiger partial charge in [-0.1, -0.05) is 5.92 Å². The normalized spacial score (nSPS) is 15.4. The van der Waals surface area contributed by atoms with Crippen molar-refractivity contribution in [3.05, 3.63) is 27.1 Å². The quantitative estimate of drug-likeness (QED) is 0.346. The molecule has 0 saturated carbocycles. The summed E-state index contributed by atoms with van der Waals surface area (Å²) < 4.78 is 16.5. The van der Waals surface area contributed by atoms with Crippen molar-refractivity contribution in [3.8, 4) is 23.8 Å². The number of benzene rings is 1. The monoisotopic (exact) mass is 481 g/mol. The lowest BCUT2D eigenvalue weighted by atomic mass is 10.2. The minimum atomic E-state index is -0.708. The Bertz CT molecular complexity index is 913. The molecule has 9 heteroatoms. The van der Waals surface area contributed by atoms with Gasteiger partial charge in [0.05, 0.1) is 16.5 Å². The van der Waals surface area contributed by atoms with Gasteiger partial charge in [-0.05, 0) is 72.2 Å². The smallest absolute Gasteiger partial charge is 0.326 e. The van der Waals surface area contributed by atoms with Crippen molar-refractivity contribution in [3.63, 3.8) is 0 Å². The molecule has 1 aliphatic rings. The average Bonchev–Trinajstić information content (AvgIpc) is 2.86. The maximum Gasteiger partial charge on any atom is 0.326 e. The summed E-state index contributed by atoms with van der Waals surface area (Å²) in [5.74, 6) is 2.00. The van der Waals surface area contributed by atoms with Crippen LogP contribution in [0.5, 0.6) is 11.5 Å². The molecule has 0 spiro atoms. The van der Waals surface area contributed by atoms with Crippen LogP contribution in [0.15, 0.2) is 21.5 Å². The highest BCUT2D eigenvalue weighted by atomic mass is 79.9. The van der Waals surface area contributed by atoms with Crippen molar-refractivity contribution in [2.75, 3.05) is 20.3 Å². The highest BCUT2D eigenvalue weighted by Crippen LogP contribution is 2.39. The molecule has 154 valence electrons. The third-order valence-electron chi connectivity index (χ3n) is 3.43. The van der Waals surface area contributed by atoms with Crippen LogP contribution in [0.3, 0.4) is 0 Å². The van der Waals surface area contributed by atoms with E-state index in [4.69, 9.17) is 20.6 Å². The van der Waals surface area contributed by atoms with Crippen molar-refractivity contribution in [1.29, 1.82) is 0 Å². The molecule has 1 heterocycles. The Morgan fingerprint density at radius 1 is 1.34 bits per heavy atom. The summed E-state index contributed by atoms with van der Waals surface area (Å²) in [5.41, 5.74) is -0.106. The molecule has 1 aromatic rings. The van der Waals surface area contributed by atoms with E-state index in [-0.39, 0.29) is 11.5 Å². The van der Waals surface area contributed by atoms with E-state index in [2.05, 4.69) is 21.9 Å². The number of amides is 2. The molecule has 0 aliphatic carbocycles. The van der Waals surface area contributed by atoms with Crippen molar-refractivity contribution < 1.29 is 28.6 Å². The topological polar surface area (TPSA) is 82.1 Å². The molecule has 0 N–H and O–H groups in total. The van der Waals surface area contributed by atoms with Crippen LogP contribution in [0.2, 0.25) is 0 Å². The molecule has 2 amide bonds. The molecule has 0 aromatic heterocycles. The second kappa shape index (κ2) is 9.37. The highest BCUT2D eigenvalue weighted by molar-refractivity contribution is 9.10. The molecule has 0 bridgehead atoms. The minimum Gasteiger partial charge on any atom is -0.493 e. The number of esters is 1. The Kier molecular flexibility index (Phi) is 7.38. The molecular weight excluding hydrogens is 462 g/mol. The molecule has 29 heavy (non-hydrogen) atoms. The van der Waals surface area contributed by atoms with Crippen LogP contribution in [0, 0.1) is 12.3 Å². The first kappa shape index (κ1) is 22.8. The van der Waals surface area contributed by atoms with Crippen LogP contribution in [0.1, 0.15) is 26.3 Å². The van der Waals surface area contributed by atoms with E-state index in [1.807, 2.05) is 0 Å². The third-order valence-corrected chi connectivity index (χ3v) is 4.93. The Morgan fingerprint density at radius 2 is 2.03 bits per heavy atom. The second-order valence-electron chi connectivity index (χ2n) is 6.88. The van der Waals surface area contributed by atoms with Crippen LogP contribution in [0.4, 0.5) is 4.79 Å². The van der Waals surface area contributed by atoms with E-state index in [1.54, 1.807) is 32.9 Å². The zero-order valence-electron chi connectivity index (χ0n) is 16.4. The van der Waals surface area contributed by atoms with E-state index < -0.39 is 29.3 Å². The zero-order valence-corrected chi connectivity index (χ0v) is 18.8. The number of imide groups is 1. The van der Waals surface area contributed by atoms with Gasteiger partial charge in [0.1, 0.15) is 18.8 Å². The lowest BCUT2D eigenvalue weighted by molar-refractivity contribution is -0.156. The fourth-order valence-corrected chi connectivity index (χ4v) is 3.78. The predicted molar refractivity (Wildman–Crippen MR) is 114 cm³/mol. The fraction of sp³-hybridized carbons (Fsp3) is 0.350. The van der Waals surface area contributed by atoms with Crippen molar-refractivity contribution in [2.45, 2.75) is 26.4 Å². The van der Waals surface area contributed by atoms with Gasteiger partial charge in [-0.3, -0.25) is 19.3 Å². The molecule has 1 aromatic carbocycles. The molecule has 1 fully saturated rings. The number of halogens is 1. The third kappa shape index (κ3) is 6.02. The molecule has 2 rings (SSSR count). The minimum absolute atomic E-state index is 0.0673. The van der Waals surface area contributed by atoms with Crippen LogP contribution in [0.25, 0.3) is 6.08 Å². The summed E-state index contributed by atoms with van der Waals surface area (Å²) in [6.45, 7) is 4.76. The molecule has 0 radical (unpaired) electrons. The van der Waals surface area contributed by atoms with Gasteiger partial charge in [0, 0.05) is 0 Å². The van der Waals surface area contributed by atoms with Gasteiger partial charge in [-0.25, -0.2) is 0 Å². The summed E-state index contributed by atoms with van der Waals surface area (Å²) in [7, 11) is 1.48. The van der Waals surface area contributed by atoms with Gasteiger partial charge in [0.15, 0.2) is 11.5 Å². The number of nitrogens with zero attached hydrogens (tertiary/aromatic N) is 1. The summed E-state index contributed by atoms with van der Waals surface area (Å²) in [4.78, 5) is 37.8. The van der Waals surface area contributed by atoms with Gasteiger partial charge in [-0.2, -0.15) is 0 Å². The summed E-state index contributed by atoms with van der Waals surface area (Å²) in [6.07, 6.45) is 6.76. The Morgan fingerprint density at radius 3 is 2.62 bits per heavy atom. The van der Waals surface area contributed by atoms with Crippen molar-refractivity contribution >= 4 is 50.9 Å². The largest absolute Gasteiger partial charge is 0.493 e. The first-order valence-corrected chi connectivity index (χ1v) is 10.1. The Labute approximate surface area is 181 Å². The van der Waals surface area contributed by atoms with Crippen LogP contribution in [-0.2, 0) is 14.3 Å². The zero-order chi connectivity index (χ0) is 21.8. The van der Waals surface area contributed by atoms with Crippen molar-refractivity contribution in [1.82, 2.24) is 4.90 Å². The average molecular weight is 482 g/mol. The standard InChI is InChI=1S/C20H20BrNO6S/c1-6-7-27-17-13(21)8-12(9-14(17)26-5)10-15-18(24)22(19(25)29-15)11-16(23)28-20(2,3)4/h1,8-10H,7,11H2,2-5H3. The predicted octanol–water partition coefficient (Wildman–Crippen LogP) is 3.85. The first-order chi connectivity index (χ1) is 13.6. The lowest BCUT2D eigenvalue weighted by Crippen LogP contribution is -2.37. The fourth-order valence-electron chi connectivity index (χ4n) is 2.37. The van der Waals surface area contributed by atoms with E-state index in [0.29, 0.717) is 21.5 Å². The van der Waals surface area contributed by atoms with Gasteiger partial charge < -0.3 is 14.2 Å². The number of thioether (sulfide) groups is 1. The number of methoxy groups -OCH3 is 1.